The molecule has 1 aliphatic heterocycles. The molecule has 1 atom stereocenters. The van der Waals surface area contributed by atoms with E-state index >= 15 is 0 Å². The fourth-order valence-corrected chi connectivity index (χ4v) is 2.29. The molecule has 2 aromatic heterocycles. The van der Waals surface area contributed by atoms with Crippen molar-refractivity contribution < 1.29 is 0 Å². The lowest BCUT2D eigenvalue weighted by molar-refractivity contribution is 0.602. The summed E-state index contributed by atoms with van der Waals surface area (Å²) in [6.45, 7) is 1.04. The Labute approximate surface area is 93.5 Å². The molecule has 4 heteroatoms. The summed E-state index contributed by atoms with van der Waals surface area (Å²) < 4.78 is 2.02. The molecule has 2 aromatic rings. The van der Waals surface area contributed by atoms with Gasteiger partial charge in [-0.2, -0.15) is 5.26 Å². The van der Waals surface area contributed by atoms with Crippen LogP contribution < -0.4 is 5.32 Å². The Hall–Kier alpha value is -1.86. The van der Waals surface area contributed by atoms with Gasteiger partial charge in [0.05, 0.1) is 11.6 Å². The Bertz CT molecular complexity index is 558. The van der Waals surface area contributed by atoms with Gasteiger partial charge in [0.2, 0.25) is 0 Å². The summed E-state index contributed by atoms with van der Waals surface area (Å²) in [5.41, 5.74) is 1.41. The highest BCUT2D eigenvalue weighted by Gasteiger charge is 2.22. The number of hydrogen-bond acceptors (Lipinski definition) is 3. The first-order valence-corrected chi connectivity index (χ1v) is 5.50. The van der Waals surface area contributed by atoms with Crippen LogP contribution in [0, 0.1) is 11.3 Å². The van der Waals surface area contributed by atoms with Gasteiger partial charge in [0.25, 0.3) is 0 Å². The lowest BCUT2D eigenvalue weighted by Crippen LogP contribution is -2.15. The minimum absolute atomic E-state index is 0.289. The third-order valence-corrected chi connectivity index (χ3v) is 3.05. The maximum absolute atomic E-state index is 9.05. The normalized spacial score (nSPS) is 20.1. The maximum atomic E-state index is 9.05. The minimum atomic E-state index is 0.289. The van der Waals surface area contributed by atoms with Gasteiger partial charge in [-0.15, -0.1) is 0 Å². The number of nitrogens with one attached hydrogen (secondary N) is 1. The largest absolute Gasteiger partial charge is 0.307 e. The lowest BCUT2D eigenvalue weighted by Gasteiger charge is -2.08. The Kier molecular flexibility index (Phi) is 2.12. The Morgan fingerprint density at radius 2 is 2.44 bits per heavy atom. The summed E-state index contributed by atoms with van der Waals surface area (Å²) in [4.78, 5) is 4.43. The van der Waals surface area contributed by atoms with E-state index in [0.717, 1.165) is 24.3 Å². The molecule has 1 fully saturated rings. The summed E-state index contributed by atoms with van der Waals surface area (Å²) in [6.07, 6.45) is 4.24. The van der Waals surface area contributed by atoms with E-state index in [9.17, 15) is 0 Å². The van der Waals surface area contributed by atoms with Crippen LogP contribution in [0.15, 0.2) is 24.4 Å². The number of hydrogen-bond donors (Lipinski definition) is 1. The minimum Gasteiger partial charge on any atom is -0.307 e. The van der Waals surface area contributed by atoms with E-state index in [4.69, 9.17) is 5.26 Å². The van der Waals surface area contributed by atoms with Gasteiger partial charge in [0, 0.05) is 6.20 Å². The molecule has 1 unspecified atom stereocenters. The zero-order valence-corrected chi connectivity index (χ0v) is 8.85. The number of rotatable bonds is 1. The molecule has 1 saturated heterocycles. The third kappa shape index (κ3) is 1.29. The second kappa shape index (κ2) is 3.62. The van der Waals surface area contributed by atoms with Gasteiger partial charge in [0.15, 0.2) is 5.69 Å². The van der Waals surface area contributed by atoms with Crippen molar-refractivity contribution in [2.24, 2.45) is 0 Å². The van der Waals surface area contributed by atoms with Gasteiger partial charge in [-0.1, -0.05) is 6.07 Å². The molecule has 0 spiro atoms. The summed E-state index contributed by atoms with van der Waals surface area (Å²) in [6, 6.07) is 8.28. The highest BCUT2D eigenvalue weighted by Crippen LogP contribution is 2.24. The molecule has 0 amide bonds. The van der Waals surface area contributed by atoms with Crippen LogP contribution in [0.3, 0.4) is 0 Å². The maximum Gasteiger partial charge on any atom is 0.166 e. The molecule has 80 valence electrons. The average molecular weight is 212 g/mol. The van der Waals surface area contributed by atoms with Crippen molar-refractivity contribution in [3.63, 3.8) is 0 Å². The SMILES string of the molecule is N#Cc1nc(C2CCCN2)n2ccccc12. The zero-order valence-electron chi connectivity index (χ0n) is 8.85. The standard InChI is InChI=1S/C12H12N4/c13-8-10-11-5-1-2-7-16(11)12(15-10)9-4-3-6-14-9/h1-2,5,7,9,14H,3-4,6H2. The van der Waals surface area contributed by atoms with Crippen LogP contribution in [0.1, 0.15) is 30.4 Å². The van der Waals surface area contributed by atoms with Crippen LogP contribution in [-0.2, 0) is 0 Å². The monoisotopic (exact) mass is 212 g/mol. The fourth-order valence-electron chi connectivity index (χ4n) is 2.29. The molecule has 0 saturated carbocycles. The first kappa shape index (κ1) is 9.37. The molecule has 3 rings (SSSR count). The zero-order chi connectivity index (χ0) is 11.0. The smallest absolute Gasteiger partial charge is 0.166 e. The molecule has 3 heterocycles. The highest BCUT2D eigenvalue weighted by atomic mass is 15.1. The number of pyridine rings is 1. The molecule has 4 nitrogen and oxygen atoms in total. The number of aromatic nitrogens is 2. The molecule has 0 aliphatic carbocycles. The summed E-state index contributed by atoms with van der Waals surface area (Å²) >= 11 is 0. The van der Waals surface area contributed by atoms with Crippen LogP contribution >= 0.6 is 0 Å². The van der Waals surface area contributed by atoms with E-state index in [2.05, 4.69) is 16.4 Å². The van der Waals surface area contributed by atoms with E-state index in [1.54, 1.807) is 0 Å². The van der Waals surface area contributed by atoms with Crippen molar-refractivity contribution in [1.29, 1.82) is 5.26 Å². The topological polar surface area (TPSA) is 53.1 Å². The van der Waals surface area contributed by atoms with Crippen molar-refractivity contribution in [3.05, 3.63) is 35.9 Å². The van der Waals surface area contributed by atoms with Crippen LogP contribution in [-0.4, -0.2) is 15.9 Å². The van der Waals surface area contributed by atoms with Gasteiger partial charge in [-0.3, -0.25) is 0 Å². The van der Waals surface area contributed by atoms with Crippen LogP contribution in [0.2, 0.25) is 0 Å². The Balaban J connectivity index is 2.21. The molecule has 1 aliphatic rings. The van der Waals surface area contributed by atoms with Crippen molar-refractivity contribution in [3.8, 4) is 6.07 Å². The summed E-state index contributed by atoms with van der Waals surface area (Å²) in [5.74, 6) is 0.963. The predicted molar refractivity (Wildman–Crippen MR) is 59.9 cm³/mol. The van der Waals surface area contributed by atoms with E-state index < -0.39 is 0 Å². The van der Waals surface area contributed by atoms with Gasteiger partial charge in [0.1, 0.15) is 11.9 Å². The van der Waals surface area contributed by atoms with Crippen molar-refractivity contribution in [2.75, 3.05) is 6.54 Å². The van der Waals surface area contributed by atoms with Crippen molar-refractivity contribution >= 4 is 5.52 Å². The second-order valence-electron chi connectivity index (χ2n) is 4.04. The number of nitrogens with zero attached hydrogens (tertiary/aromatic N) is 3. The van der Waals surface area contributed by atoms with Gasteiger partial charge in [-0.25, -0.2) is 4.98 Å². The average Bonchev–Trinajstić information content (AvgIpc) is 2.95. The predicted octanol–water partition coefficient (Wildman–Crippen LogP) is 1.63. The van der Waals surface area contributed by atoms with E-state index in [0.29, 0.717) is 5.69 Å². The quantitative estimate of drug-likeness (QED) is 0.781. The van der Waals surface area contributed by atoms with E-state index in [-0.39, 0.29) is 6.04 Å². The molecule has 0 radical (unpaired) electrons. The molecule has 0 bridgehead atoms. The molecule has 1 N–H and O–H groups in total. The number of imidazole rings is 1. The van der Waals surface area contributed by atoms with Crippen LogP contribution in [0.25, 0.3) is 5.52 Å². The Morgan fingerprint density at radius 3 is 3.19 bits per heavy atom. The number of nitriles is 1. The van der Waals surface area contributed by atoms with Crippen molar-refractivity contribution in [1.82, 2.24) is 14.7 Å². The molecule has 0 aromatic carbocycles. The van der Waals surface area contributed by atoms with E-state index in [1.165, 1.54) is 6.42 Å². The molecular formula is C12H12N4. The third-order valence-electron chi connectivity index (χ3n) is 3.05. The van der Waals surface area contributed by atoms with Crippen LogP contribution in [0.5, 0.6) is 0 Å². The lowest BCUT2D eigenvalue weighted by atomic mass is 10.2. The first-order valence-electron chi connectivity index (χ1n) is 5.50. The fraction of sp³-hybridized carbons (Fsp3) is 0.333. The second-order valence-corrected chi connectivity index (χ2v) is 4.04. The Morgan fingerprint density at radius 1 is 1.50 bits per heavy atom. The van der Waals surface area contributed by atoms with E-state index in [1.807, 2.05) is 28.8 Å². The van der Waals surface area contributed by atoms with Gasteiger partial charge < -0.3 is 9.72 Å². The first-order chi connectivity index (χ1) is 7.90. The van der Waals surface area contributed by atoms with Crippen LogP contribution in [0.4, 0.5) is 0 Å². The highest BCUT2D eigenvalue weighted by molar-refractivity contribution is 5.58. The van der Waals surface area contributed by atoms with Gasteiger partial charge in [-0.05, 0) is 31.5 Å². The molecule has 16 heavy (non-hydrogen) atoms. The summed E-state index contributed by atoms with van der Waals surface area (Å²) in [7, 11) is 0. The molecular weight excluding hydrogens is 200 g/mol. The van der Waals surface area contributed by atoms with Gasteiger partial charge >= 0.3 is 0 Å². The number of fused-ring (bicyclic) bond motifs is 1. The van der Waals surface area contributed by atoms with Crippen molar-refractivity contribution in [2.45, 2.75) is 18.9 Å². The summed E-state index contributed by atoms with van der Waals surface area (Å²) in [5, 5.41) is 12.5.